The van der Waals surface area contributed by atoms with Crippen LogP contribution in [0, 0.1) is 0 Å². The number of hydrogen-bond donors (Lipinski definition) is 4. The number of carbonyl (C=O) groups is 8. The molecular formula is C116H134N18O8S4. The first-order chi connectivity index (χ1) is 71.5. The molecule has 6 amide bonds. The fourth-order valence-corrected chi connectivity index (χ4v) is 25.9. The summed E-state index contributed by atoms with van der Waals surface area (Å²) >= 11 is 6.54. The lowest BCUT2D eigenvalue weighted by atomic mass is 9.91. The number of likely N-dealkylation sites (tertiary alicyclic amines) is 4. The van der Waals surface area contributed by atoms with Crippen molar-refractivity contribution in [1.82, 2.24) is 90.2 Å². The van der Waals surface area contributed by atoms with E-state index in [-0.39, 0.29) is 84.0 Å². The number of benzene rings is 8. The standard InChI is InChI=1S/C59H69N9O4S2.C57H65N9O4S2/c1-63-31-35-65(36-32-63)29-25-48(69)39-49(44-11-5-3-6-12-44)58(71)67-27-9-15-50(67)56-60-40-52(73-56)45-21-17-42(18-22-45)43-19-23-46(24-20-43)53-41-61-57(74-53)51-16-10-28-68(51)59(72)55(47-13-7-4-8-14-47)62-54(70)26-30-66-37-33-64(2)34-38-66;67-46(23-31-63-33-25-58-26-34-63)37-47(42-9-3-1-4-10-42)56(69)65-29-7-13-48(65)54-60-38-50(71-54)43-19-15-40(16-20-43)41-17-21-44(22-18-41)51-39-61-55(72-51)49-14-8-30-66(49)57(70)53(45-11-5-2-6-12-45)62-52(68)24-32-64-35-27-59-28-36-64/h3-8,11-14,17-24,40-41,49-51,55H,9-10,15-16,25-39H2,1-2H3,(H,62,70);1-6,9-12,15-22,38-39,47-49,53,58-59H,7-8,13-14,23-37H2,(H,62,68)/t49-,50+,51+,55-;47-,48+,49+,53-/m11/s1. The molecule has 8 aromatic carbocycles. The second-order valence-electron chi connectivity index (χ2n) is 40.0. The van der Waals surface area contributed by atoms with Crippen LogP contribution in [0.1, 0.15) is 180 Å². The zero-order chi connectivity index (χ0) is 100. The normalized spacial score (nSPS) is 19.7. The average Bonchev–Trinajstić information content (AvgIpc) is 1.65. The molecule has 8 fully saturated rings. The Hall–Kier alpha value is -11.9. The van der Waals surface area contributed by atoms with Crippen LogP contribution < -0.4 is 21.3 Å². The molecule has 0 unspecified atom stereocenters. The first-order valence-electron chi connectivity index (χ1n) is 52.4. The molecule has 12 heterocycles. The van der Waals surface area contributed by atoms with Crippen LogP contribution in [0.2, 0.25) is 0 Å². The summed E-state index contributed by atoms with van der Waals surface area (Å²) in [5.74, 6) is -1.13. The average molecular weight is 2040 g/mol. The lowest BCUT2D eigenvalue weighted by Crippen LogP contribution is -2.46. The summed E-state index contributed by atoms with van der Waals surface area (Å²) in [6.07, 6.45) is 16.6. The van der Waals surface area contributed by atoms with E-state index < -0.39 is 23.9 Å². The van der Waals surface area contributed by atoms with Gasteiger partial charge in [0.2, 0.25) is 35.4 Å². The van der Waals surface area contributed by atoms with Crippen molar-refractivity contribution in [3.05, 3.63) is 285 Å². The summed E-state index contributed by atoms with van der Waals surface area (Å²) in [6.45, 7) is 20.7. The number of piperazine rings is 4. The molecule has 20 rings (SSSR count). The molecule has 12 aromatic rings. The van der Waals surface area contributed by atoms with Gasteiger partial charge in [0.05, 0.1) is 55.5 Å². The summed E-state index contributed by atoms with van der Waals surface area (Å²) in [6, 6.07) is 71.1. The molecule has 8 aliphatic heterocycles. The molecule has 26 nitrogen and oxygen atoms in total. The van der Waals surface area contributed by atoms with E-state index >= 15 is 0 Å². The van der Waals surface area contributed by atoms with Crippen LogP contribution in [0.15, 0.2) is 243 Å². The van der Waals surface area contributed by atoms with Crippen LogP contribution >= 0.6 is 45.3 Å². The first kappa shape index (κ1) is 103. The van der Waals surface area contributed by atoms with E-state index in [4.69, 9.17) is 19.9 Å². The second-order valence-corrected chi connectivity index (χ2v) is 44.3. The number of Topliss-reactive ketones (excluding diaryl/α,β-unsaturated/α-hetero) is 2. The number of ketones is 2. The van der Waals surface area contributed by atoms with Gasteiger partial charge in [0.15, 0.2) is 0 Å². The Kier molecular flexibility index (Phi) is 35.0. The molecule has 146 heavy (non-hydrogen) atoms. The maximum absolute atomic E-state index is 14.5. The number of aromatic nitrogens is 4. The highest BCUT2D eigenvalue weighted by molar-refractivity contribution is 7.16. The van der Waals surface area contributed by atoms with Gasteiger partial charge < -0.3 is 70.3 Å². The van der Waals surface area contributed by atoms with Crippen LogP contribution in [0.25, 0.3) is 64.0 Å². The van der Waals surface area contributed by atoms with Gasteiger partial charge in [-0.1, -0.05) is 218 Å². The van der Waals surface area contributed by atoms with Gasteiger partial charge in [0, 0.05) is 220 Å². The predicted molar refractivity (Wildman–Crippen MR) is 580 cm³/mol. The fraction of sp³-hybridized carbons (Fsp3) is 0.414. The van der Waals surface area contributed by atoms with Crippen molar-refractivity contribution in [2.45, 2.75) is 138 Å². The van der Waals surface area contributed by atoms with Gasteiger partial charge in [-0.05, 0) is 132 Å². The Bertz CT molecular complexity index is 5960. The van der Waals surface area contributed by atoms with Crippen LogP contribution in [0.3, 0.4) is 0 Å². The van der Waals surface area contributed by atoms with Crippen molar-refractivity contribution in [3.8, 4) is 64.0 Å². The van der Waals surface area contributed by atoms with Gasteiger partial charge in [-0.15, -0.1) is 45.3 Å². The molecule has 30 heteroatoms. The Morgan fingerprint density at radius 1 is 0.295 bits per heavy atom. The molecule has 0 saturated carbocycles. The molecule has 0 spiro atoms. The van der Waals surface area contributed by atoms with Crippen LogP contribution in [0.4, 0.5) is 0 Å². The van der Waals surface area contributed by atoms with Crippen LogP contribution in [-0.2, 0) is 38.4 Å². The predicted octanol–water partition coefficient (Wildman–Crippen LogP) is 16.9. The minimum Gasteiger partial charge on any atom is -0.340 e. The Balaban J connectivity index is 0.000000184. The first-order valence-corrected chi connectivity index (χ1v) is 55.7. The van der Waals surface area contributed by atoms with E-state index in [1.165, 1.54) is 0 Å². The smallest absolute Gasteiger partial charge is 0.250 e. The minimum atomic E-state index is -0.761. The van der Waals surface area contributed by atoms with Gasteiger partial charge in [-0.3, -0.25) is 38.4 Å². The second kappa shape index (κ2) is 49.7. The molecule has 8 aliphatic rings. The highest BCUT2D eigenvalue weighted by Crippen LogP contribution is 2.46. The lowest BCUT2D eigenvalue weighted by Gasteiger charge is -2.32. The van der Waals surface area contributed by atoms with Crippen molar-refractivity contribution in [3.63, 3.8) is 0 Å². The lowest BCUT2D eigenvalue weighted by molar-refractivity contribution is -0.137. The number of likely N-dealkylation sites (N-methyl/N-ethyl adjacent to an activating group) is 2. The van der Waals surface area contributed by atoms with Gasteiger partial charge in [0.1, 0.15) is 43.7 Å². The number of nitrogens with one attached hydrogen (secondary N) is 4. The third kappa shape index (κ3) is 25.9. The molecule has 8 atom stereocenters. The largest absolute Gasteiger partial charge is 0.340 e. The summed E-state index contributed by atoms with van der Waals surface area (Å²) in [7, 11) is 4.26. The molecule has 0 radical (unpaired) electrons. The quantitative estimate of drug-likeness (QED) is 0.0284. The van der Waals surface area contributed by atoms with Crippen molar-refractivity contribution in [2.75, 3.05) is 171 Å². The van der Waals surface area contributed by atoms with E-state index in [1.807, 2.05) is 166 Å². The maximum atomic E-state index is 14.5. The van der Waals surface area contributed by atoms with Crippen LogP contribution in [-0.4, -0.2) is 287 Å². The number of amides is 6. The molecule has 0 bridgehead atoms. The zero-order valence-corrected chi connectivity index (χ0v) is 87.0. The minimum absolute atomic E-state index is 0.0158. The molecule has 8 saturated heterocycles. The third-order valence-electron chi connectivity index (χ3n) is 30.3. The highest BCUT2D eigenvalue weighted by Gasteiger charge is 2.43. The van der Waals surface area contributed by atoms with E-state index in [0.717, 1.165) is 275 Å². The molecule has 0 aliphatic carbocycles. The summed E-state index contributed by atoms with van der Waals surface area (Å²) in [4.78, 5) is 157. The number of hydrogen-bond acceptors (Lipinski definition) is 24. The topological polar surface area (TPSA) is 269 Å². The SMILES string of the molecule is CN1CCN(CCC(=O)C[C@@H](C(=O)N2CCC[C@H]2c2ncc(-c3ccc(-c4ccc(-c5cnc([C@@H]6CCCN6C(=O)[C@H](NC(=O)CCN6CCN(C)CC6)c6ccccc6)s5)cc4)cc3)s2)c2ccccc2)CC1.O=C(CCN1CCNCC1)C[C@@H](C(=O)N1CCC[C@H]1c1ncc(-c2ccc(-c3ccc(-c4cnc([C@@H]5CCCN5C(=O)[C@H](NC(=O)CCN5CCNCC5)c5ccccc5)s4)cc3)cc2)s1)c1ccccc1. The van der Waals surface area contributed by atoms with E-state index in [2.05, 4.69) is 162 Å². The maximum Gasteiger partial charge on any atom is 0.250 e. The molecular weight excluding hydrogens is 1900 g/mol. The summed E-state index contributed by atoms with van der Waals surface area (Å²) in [5, 5.41) is 16.6. The van der Waals surface area contributed by atoms with Crippen molar-refractivity contribution in [1.29, 1.82) is 0 Å². The van der Waals surface area contributed by atoms with Gasteiger partial charge in [-0.2, -0.15) is 0 Å². The fourth-order valence-electron chi connectivity index (χ4n) is 21.6. The summed E-state index contributed by atoms with van der Waals surface area (Å²) in [5.41, 5.74) is 12.1. The third-order valence-corrected chi connectivity index (χ3v) is 34.9. The monoisotopic (exact) mass is 2030 g/mol. The van der Waals surface area contributed by atoms with E-state index in [9.17, 15) is 38.4 Å². The Morgan fingerprint density at radius 3 is 0.822 bits per heavy atom. The van der Waals surface area contributed by atoms with Crippen LogP contribution in [0.5, 0.6) is 0 Å². The van der Waals surface area contributed by atoms with E-state index in [0.29, 0.717) is 65.0 Å². The van der Waals surface area contributed by atoms with Gasteiger partial charge >= 0.3 is 0 Å². The number of nitrogens with zero attached hydrogens (tertiary/aromatic N) is 14. The number of rotatable bonds is 36. The summed E-state index contributed by atoms with van der Waals surface area (Å²) < 4.78 is 0. The highest BCUT2D eigenvalue weighted by atomic mass is 32.1. The van der Waals surface area contributed by atoms with Gasteiger partial charge in [-0.25, -0.2) is 19.9 Å². The molecule has 4 aromatic heterocycles. The van der Waals surface area contributed by atoms with Gasteiger partial charge in [0.25, 0.3) is 0 Å². The van der Waals surface area contributed by atoms with Crippen molar-refractivity contribution < 1.29 is 38.4 Å². The Labute approximate surface area is 873 Å². The number of carbonyl (C=O) groups excluding carboxylic acids is 8. The zero-order valence-electron chi connectivity index (χ0n) is 83.7. The molecule has 760 valence electrons. The number of thiazole rings is 4. The molecule has 4 N–H and O–H groups in total. The van der Waals surface area contributed by atoms with E-state index in [1.54, 1.807) is 45.3 Å². The van der Waals surface area contributed by atoms with Crippen molar-refractivity contribution >= 4 is 92.4 Å². The van der Waals surface area contributed by atoms with Crippen molar-refractivity contribution in [2.24, 2.45) is 0 Å². The Morgan fingerprint density at radius 2 is 0.541 bits per heavy atom.